The molecule has 7 nitrogen and oxygen atoms in total. The second-order valence-electron chi connectivity index (χ2n) is 8.09. The van der Waals surface area contributed by atoms with Gasteiger partial charge >= 0.3 is 5.97 Å². The van der Waals surface area contributed by atoms with Crippen LogP contribution in [0.4, 0.5) is 5.69 Å². The van der Waals surface area contributed by atoms with E-state index in [1.165, 1.54) is 4.90 Å². The van der Waals surface area contributed by atoms with Crippen molar-refractivity contribution in [1.82, 2.24) is 4.90 Å². The molecular formula is C26H30N2O5. The Morgan fingerprint density at radius 2 is 1.52 bits per heavy atom. The zero-order valence-electron chi connectivity index (χ0n) is 19.0. The predicted octanol–water partition coefficient (Wildman–Crippen LogP) is 4.83. The van der Waals surface area contributed by atoms with E-state index in [9.17, 15) is 19.2 Å². The van der Waals surface area contributed by atoms with Gasteiger partial charge in [-0.2, -0.15) is 0 Å². The highest BCUT2D eigenvalue weighted by Crippen LogP contribution is 2.23. The number of hydrogen-bond acceptors (Lipinski definition) is 5. The zero-order chi connectivity index (χ0) is 23.6. The lowest BCUT2D eigenvalue weighted by atomic mass is 10.1. The Kier molecular flexibility index (Phi) is 8.75. The number of rotatable bonds is 12. The molecule has 1 N–H and O–H groups in total. The molecule has 0 aromatic heterocycles. The molecule has 2 aromatic rings. The first-order valence-corrected chi connectivity index (χ1v) is 11.5. The molecule has 3 rings (SSSR count). The van der Waals surface area contributed by atoms with E-state index in [-0.39, 0.29) is 23.7 Å². The van der Waals surface area contributed by atoms with E-state index in [2.05, 4.69) is 12.2 Å². The molecule has 0 saturated carbocycles. The van der Waals surface area contributed by atoms with Crippen LogP contribution in [0.15, 0.2) is 48.5 Å². The number of nitrogens with one attached hydrogen (secondary N) is 1. The van der Waals surface area contributed by atoms with Crippen molar-refractivity contribution in [2.24, 2.45) is 0 Å². The van der Waals surface area contributed by atoms with Crippen molar-refractivity contribution in [2.45, 2.75) is 51.9 Å². The number of benzene rings is 2. The average molecular weight is 451 g/mol. The van der Waals surface area contributed by atoms with Crippen LogP contribution in [0.25, 0.3) is 0 Å². The zero-order valence-corrected chi connectivity index (χ0v) is 19.0. The second kappa shape index (κ2) is 11.9. The molecular weight excluding hydrogens is 420 g/mol. The minimum Gasteiger partial charge on any atom is -0.462 e. The van der Waals surface area contributed by atoms with Gasteiger partial charge < -0.3 is 10.1 Å². The van der Waals surface area contributed by atoms with Gasteiger partial charge in [0.15, 0.2) is 0 Å². The summed E-state index contributed by atoms with van der Waals surface area (Å²) in [5.74, 6) is -0.976. The average Bonchev–Trinajstić information content (AvgIpc) is 3.07. The fourth-order valence-electron chi connectivity index (χ4n) is 3.69. The molecule has 1 aliphatic rings. The highest BCUT2D eigenvalue weighted by atomic mass is 16.5. The van der Waals surface area contributed by atoms with Gasteiger partial charge in [-0.3, -0.25) is 19.3 Å². The molecule has 0 aliphatic carbocycles. The van der Waals surface area contributed by atoms with Crippen molar-refractivity contribution in [3.63, 3.8) is 0 Å². The molecule has 1 heterocycles. The lowest BCUT2D eigenvalue weighted by Gasteiger charge is -2.13. The minimum absolute atomic E-state index is 0.120. The topological polar surface area (TPSA) is 92.8 Å². The van der Waals surface area contributed by atoms with Crippen LogP contribution >= 0.6 is 0 Å². The van der Waals surface area contributed by atoms with Crippen molar-refractivity contribution >= 4 is 29.4 Å². The van der Waals surface area contributed by atoms with Gasteiger partial charge in [0.05, 0.1) is 23.3 Å². The SMILES string of the molecule is CCCCCOC(=O)c1ccc(NC(=O)CCCCCN2C(=O)c3ccccc3C2=O)cc1. The van der Waals surface area contributed by atoms with E-state index in [0.717, 1.165) is 25.7 Å². The van der Waals surface area contributed by atoms with Crippen LogP contribution in [0.3, 0.4) is 0 Å². The van der Waals surface area contributed by atoms with E-state index in [1.54, 1.807) is 48.5 Å². The van der Waals surface area contributed by atoms with Gasteiger partial charge in [-0.05, 0) is 55.7 Å². The van der Waals surface area contributed by atoms with Crippen LogP contribution in [0.1, 0.15) is 82.9 Å². The van der Waals surface area contributed by atoms with Crippen molar-refractivity contribution in [1.29, 1.82) is 0 Å². The van der Waals surface area contributed by atoms with Crippen LogP contribution in [-0.2, 0) is 9.53 Å². The maximum absolute atomic E-state index is 12.3. The molecule has 0 bridgehead atoms. The number of ether oxygens (including phenoxy) is 1. The first-order valence-electron chi connectivity index (χ1n) is 11.5. The van der Waals surface area contributed by atoms with Crippen molar-refractivity contribution in [3.8, 4) is 0 Å². The Labute approximate surface area is 194 Å². The quantitative estimate of drug-likeness (QED) is 0.284. The number of nitrogens with zero attached hydrogens (tertiary/aromatic N) is 1. The summed E-state index contributed by atoms with van der Waals surface area (Å²) >= 11 is 0. The number of unbranched alkanes of at least 4 members (excludes halogenated alkanes) is 4. The maximum atomic E-state index is 12.3. The molecule has 174 valence electrons. The summed E-state index contributed by atoms with van der Waals surface area (Å²) in [6, 6.07) is 13.5. The summed E-state index contributed by atoms with van der Waals surface area (Å²) in [5, 5.41) is 2.82. The molecule has 2 aromatic carbocycles. The third-order valence-electron chi connectivity index (χ3n) is 5.55. The number of carbonyl (C=O) groups is 4. The first-order chi connectivity index (χ1) is 16.0. The summed E-state index contributed by atoms with van der Waals surface area (Å²) in [6.07, 6.45) is 5.31. The smallest absolute Gasteiger partial charge is 0.338 e. The number of hydrogen-bond donors (Lipinski definition) is 1. The van der Waals surface area contributed by atoms with Gasteiger partial charge in [-0.15, -0.1) is 0 Å². The highest BCUT2D eigenvalue weighted by Gasteiger charge is 2.34. The summed E-state index contributed by atoms with van der Waals surface area (Å²) < 4.78 is 5.22. The fraction of sp³-hybridized carbons (Fsp3) is 0.385. The summed E-state index contributed by atoms with van der Waals surface area (Å²) in [6.45, 7) is 2.86. The van der Waals surface area contributed by atoms with Crippen LogP contribution < -0.4 is 5.32 Å². The molecule has 0 unspecified atom stereocenters. The van der Waals surface area contributed by atoms with E-state index < -0.39 is 0 Å². The standard InChI is InChI=1S/C26H30N2O5/c1-2-3-9-18-33-26(32)19-13-15-20(16-14-19)27-23(29)12-5-4-8-17-28-24(30)21-10-6-7-11-22(21)25(28)31/h6-7,10-11,13-16H,2-5,8-9,12,17-18H2,1H3,(H,27,29). The predicted molar refractivity (Wildman–Crippen MR) is 125 cm³/mol. The van der Waals surface area contributed by atoms with Crippen LogP contribution in [-0.4, -0.2) is 41.7 Å². The molecule has 3 amide bonds. The van der Waals surface area contributed by atoms with Gasteiger partial charge in [0.25, 0.3) is 11.8 Å². The largest absolute Gasteiger partial charge is 0.462 e. The monoisotopic (exact) mass is 450 g/mol. The summed E-state index contributed by atoms with van der Waals surface area (Å²) in [5.41, 5.74) is 1.99. The molecule has 1 aliphatic heterocycles. The number of amides is 3. The summed E-state index contributed by atoms with van der Waals surface area (Å²) in [4.78, 5) is 50.1. The Hall–Kier alpha value is -3.48. The normalized spacial score (nSPS) is 12.6. The van der Waals surface area contributed by atoms with Crippen LogP contribution in [0, 0.1) is 0 Å². The van der Waals surface area contributed by atoms with E-state index in [1.807, 2.05) is 0 Å². The number of imide groups is 1. The second-order valence-corrected chi connectivity index (χ2v) is 8.09. The lowest BCUT2D eigenvalue weighted by molar-refractivity contribution is -0.116. The Balaban J connectivity index is 1.33. The molecule has 0 radical (unpaired) electrons. The lowest BCUT2D eigenvalue weighted by Crippen LogP contribution is -2.30. The Morgan fingerprint density at radius 1 is 0.848 bits per heavy atom. The maximum Gasteiger partial charge on any atom is 0.338 e. The van der Waals surface area contributed by atoms with Crippen molar-refractivity contribution in [3.05, 3.63) is 65.2 Å². The molecule has 0 saturated heterocycles. The number of esters is 1. The van der Waals surface area contributed by atoms with E-state index in [0.29, 0.717) is 54.8 Å². The molecule has 7 heteroatoms. The minimum atomic E-state index is -0.359. The van der Waals surface area contributed by atoms with Crippen LogP contribution in [0.5, 0.6) is 0 Å². The molecule has 0 atom stereocenters. The third-order valence-corrected chi connectivity index (χ3v) is 5.55. The van der Waals surface area contributed by atoms with Crippen LogP contribution in [0.2, 0.25) is 0 Å². The Bertz CT molecular complexity index is 965. The van der Waals surface area contributed by atoms with Crippen molar-refractivity contribution < 1.29 is 23.9 Å². The van der Waals surface area contributed by atoms with E-state index in [4.69, 9.17) is 4.74 Å². The number of anilines is 1. The van der Waals surface area contributed by atoms with Gasteiger partial charge in [0.1, 0.15) is 0 Å². The molecule has 0 fully saturated rings. The molecule has 0 spiro atoms. The van der Waals surface area contributed by atoms with Gasteiger partial charge in [0.2, 0.25) is 5.91 Å². The third kappa shape index (κ3) is 6.51. The van der Waals surface area contributed by atoms with Gasteiger partial charge in [-0.25, -0.2) is 4.79 Å². The number of fused-ring (bicyclic) bond motifs is 1. The number of carbonyl (C=O) groups excluding carboxylic acids is 4. The highest BCUT2D eigenvalue weighted by molar-refractivity contribution is 6.21. The summed E-state index contributed by atoms with van der Waals surface area (Å²) in [7, 11) is 0. The van der Waals surface area contributed by atoms with Gasteiger partial charge in [0, 0.05) is 18.7 Å². The van der Waals surface area contributed by atoms with Crippen molar-refractivity contribution in [2.75, 3.05) is 18.5 Å². The Morgan fingerprint density at radius 3 is 2.15 bits per heavy atom. The van der Waals surface area contributed by atoms with Gasteiger partial charge in [-0.1, -0.05) is 38.3 Å². The molecule has 33 heavy (non-hydrogen) atoms. The fourth-order valence-corrected chi connectivity index (χ4v) is 3.69. The first kappa shape index (κ1) is 24.2. The van der Waals surface area contributed by atoms with E-state index >= 15 is 0 Å².